The molecule has 7 heteroatoms. The van der Waals surface area contributed by atoms with Gasteiger partial charge in [-0.25, -0.2) is 0 Å². The second-order valence-corrected chi connectivity index (χ2v) is 3.87. The first-order chi connectivity index (χ1) is 7.82. The predicted octanol–water partition coefficient (Wildman–Crippen LogP) is -0.0415. The fraction of sp³-hybridized carbons (Fsp3) is 0.700. The summed E-state index contributed by atoms with van der Waals surface area (Å²) in [6.07, 6.45) is 0.243. The summed E-state index contributed by atoms with van der Waals surface area (Å²) in [5, 5.41) is 25.8. The lowest BCUT2D eigenvalue weighted by Crippen LogP contribution is -2.36. The van der Waals surface area contributed by atoms with Crippen molar-refractivity contribution in [2.45, 2.75) is 19.8 Å². The van der Waals surface area contributed by atoms with Crippen molar-refractivity contribution in [3.63, 3.8) is 0 Å². The van der Waals surface area contributed by atoms with Gasteiger partial charge in [-0.1, -0.05) is 6.92 Å². The first-order valence-electron chi connectivity index (χ1n) is 5.21. The Kier molecular flexibility index (Phi) is 6.88. The monoisotopic (exact) mass is 247 g/mol. The van der Waals surface area contributed by atoms with Crippen LogP contribution in [0.1, 0.15) is 19.8 Å². The van der Waals surface area contributed by atoms with Crippen LogP contribution in [0.2, 0.25) is 0 Å². The summed E-state index contributed by atoms with van der Waals surface area (Å²) in [5.41, 5.74) is 0. The third kappa shape index (κ3) is 8.21. The molecular formula is C10H17NO6. The maximum atomic E-state index is 10.6. The first-order valence-corrected chi connectivity index (χ1v) is 5.21. The van der Waals surface area contributed by atoms with Gasteiger partial charge in [-0.3, -0.25) is 19.3 Å². The Morgan fingerprint density at radius 2 is 1.71 bits per heavy atom. The number of aliphatic carboxylic acids is 3. The van der Waals surface area contributed by atoms with Gasteiger partial charge in [-0.15, -0.1) is 0 Å². The second kappa shape index (κ2) is 7.61. The van der Waals surface area contributed by atoms with Crippen molar-refractivity contribution in [3.8, 4) is 0 Å². The molecule has 0 aliphatic carbocycles. The summed E-state index contributed by atoms with van der Waals surface area (Å²) in [4.78, 5) is 32.9. The molecule has 0 spiro atoms. The van der Waals surface area contributed by atoms with Crippen LogP contribution in [0.5, 0.6) is 0 Å². The number of carboxylic acid groups (broad SMARTS) is 3. The Labute approximate surface area is 98.7 Å². The average molecular weight is 247 g/mol. The lowest BCUT2D eigenvalue weighted by atomic mass is 10.1. The standard InChI is InChI=1S/C10H17NO6/c1-7(10(16)17)5-11(6-9(14)15)4-2-3-8(12)13/h7H,2-6H2,1H3,(H,12,13)(H,14,15)(H,16,17). The zero-order chi connectivity index (χ0) is 13.4. The van der Waals surface area contributed by atoms with E-state index in [1.54, 1.807) is 0 Å². The molecule has 17 heavy (non-hydrogen) atoms. The topological polar surface area (TPSA) is 115 Å². The van der Waals surface area contributed by atoms with Crippen molar-refractivity contribution in [1.29, 1.82) is 0 Å². The third-order valence-corrected chi connectivity index (χ3v) is 2.18. The van der Waals surface area contributed by atoms with Crippen LogP contribution in [-0.4, -0.2) is 57.8 Å². The van der Waals surface area contributed by atoms with Gasteiger partial charge in [-0.2, -0.15) is 0 Å². The number of nitrogens with zero attached hydrogens (tertiary/aromatic N) is 1. The van der Waals surface area contributed by atoms with Crippen LogP contribution in [0.15, 0.2) is 0 Å². The lowest BCUT2D eigenvalue weighted by molar-refractivity contribution is -0.144. The summed E-state index contributed by atoms with van der Waals surface area (Å²) >= 11 is 0. The number of hydrogen-bond acceptors (Lipinski definition) is 4. The van der Waals surface area contributed by atoms with Crippen molar-refractivity contribution in [2.75, 3.05) is 19.6 Å². The summed E-state index contributed by atoms with van der Waals surface area (Å²) in [7, 11) is 0. The Balaban J connectivity index is 4.18. The summed E-state index contributed by atoms with van der Waals surface area (Å²) < 4.78 is 0. The van der Waals surface area contributed by atoms with Crippen molar-refractivity contribution < 1.29 is 29.7 Å². The van der Waals surface area contributed by atoms with Crippen LogP contribution in [0.25, 0.3) is 0 Å². The van der Waals surface area contributed by atoms with Gasteiger partial charge in [-0.05, 0) is 13.0 Å². The molecule has 7 nitrogen and oxygen atoms in total. The second-order valence-electron chi connectivity index (χ2n) is 3.87. The minimum Gasteiger partial charge on any atom is -0.481 e. The van der Waals surface area contributed by atoms with E-state index in [1.165, 1.54) is 11.8 Å². The van der Waals surface area contributed by atoms with E-state index in [-0.39, 0.29) is 26.1 Å². The molecule has 0 rings (SSSR count). The third-order valence-electron chi connectivity index (χ3n) is 2.18. The van der Waals surface area contributed by atoms with Gasteiger partial charge in [0.15, 0.2) is 0 Å². The Bertz CT molecular complexity index is 291. The molecule has 0 radical (unpaired) electrons. The Morgan fingerprint density at radius 3 is 2.12 bits per heavy atom. The highest BCUT2D eigenvalue weighted by atomic mass is 16.4. The molecule has 98 valence electrons. The minimum absolute atomic E-state index is 0.0580. The molecule has 0 aliphatic heterocycles. The predicted molar refractivity (Wildman–Crippen MR) is 57.7 cm³/mol. The van der Waals surface area contributed by atoms with Gasteiger partial charge < -0.3 is 15.3 Å². The molecule has 1 unspecified atom stereocenters. The highest BCUT2D eigenvalue weighted by molar-refractivity contribution is 5.71. The van der Waals surface area contributed by atoms with Crippen LogP contribution in [0, 0.1) is 5.92 Å². The van der Waals surface area contributed by atoms with Crippen molar-refractivity contribution in [2.24, 2.45) is 5.92 Å². The number of carbonyl (C=O) groups is 3. The van der Waals surface area contributed by atoms with Crippen LogP contribution < -0.4 is 0 Å². The highest BCUT2D eigenvalue weighted by Gasteiger charge is 2.18. The van der Waals surface area contributed by atoms with Crippen LogP contribution in [-0.2, 0) is 14.4 Å². The van der Waals surface area contributed by atoms with Gasteiger partial charge in [0.25, 0.3) is 0 Å². The molecule has 0 saturated heterocycles. The quantitative estimate of drug-likeness (QED) is 0.523. The molecular weight excluding hydrogens is 230 g/mol. The van der Waals surface area contributed by atoms with Crippen LogP contribution in [0.3, 0.4) is 0 Å². The highest BCUT2D eigenvalue weighted by Crippen LogP contribution is 2.03. The van der Waals surface area contributed by atoms with E-state index in [0.717, 1.165) is 0 Å². The molecule has 0 aromatic carbocycles. The number of carboxylic acids is 3. The summed E-state index contributed by atoms with van der Waals surface area (Å²) in [5.74, 6) is -3.69. The molecule has 3 N–H and O–H groups in total. The summed E-state index contributed by atoms with van der Waals surface area (Å²) in [6, 6.07) is 0. The van der Waals surface area contributed by atoms with Crippen molar-refractivity contribution in [1.82, 2.24) is 4.90 Å². The van der Waals surface area contributed by atoms with Gasteiger partial charge in [0.2, 0.25) is 0 Å². The molecule has 0 saturated carbocycles. The zero-order valence-corrected chi connectivity index (χ0v) is 9.63. The fourth-order valence-electron chi connectivity index (χ4n) is 1.35. The van der Waals surface area contributed by atoms with Gasteiger partial charge in [0, 0.05) is 13.0 Å². The SMILES string of the molecule is CC(CN(CCCC(=O)O)CC(=O)O)C(=O)O. The van der Waals surface area contributed by atoms with E-state index in [0.29, 0.717) is 6.42 Å². The van der Waals surface area contributed by atoms with Crippen molar-refractivity contribution in [3.05, 3.63) is 0 Å². The summed E-state index contributed by atoms with van der Waals surface area (Å²) in [6.45, 7) is 1.56. The largest absolute Gasteiger partial charge is 0.481 e. The normalized spacial score (nSPS) is 12.4. The average Bonchev–Trinajstić information content (AvgIpc) is 2.15. The Hall–Kier alpha value is -1.63. The Morgan fingerprint density at radius 1 is 1.12 bits per heavy atom. The molecule has 0 aromatic rings. The van der Waals surface area contributed by atoms with E-state index in [4.69, 9.17) is 15.3 Å². The molecule has 1 atom stereocenters. The van der Waals surface area contributed by atoms with Crippen LogP contribution in [0.4, 0.5) is 0 Å². The van der Waals surface area contributed by atoms with Crippen LogP contribution >= 0.6 is 0 Å². The van der Waals surface area contributed by atoms with E-state index in [9.17, 15) is 14.4 Å². The first kappa shape index (κ1) is 15.4. The van der Waals surface area contributed by atoms with E-state index < -0.39 is 23.8 Å². The van der Waals surface area contributed by atoms with Gasteiger partial charge in [0.05, 0.1) is 12.5 Å². The van der Waals surface area contributed by atoms with Gasteiger partial charge in [0.1, 0.15) is 0 Å². The van der Waals surface area contributed by atoms with E-state index in [2.05, 4.69) is 0 Å². The molecule has 0 amide bonds. The lowest BCUT2D eigenvalue weighted by Gasteiger charge is -2.21. The number of rotatable bonds is 9. The van der Waals surface area contributed by atoms with Crippen molar-refractivity contribution >= 4 is 17.9 Å². The number of hydrogen-bond donors (Lipinski definition) is 3. The maximum Gasteiger partial charge on any atom is 0.317 e. The molecule has 0 aliphatic rings. The zero-order valence-electron chi connectivity index (χ0n) is 9.63. The van der Waals surface area contributed by atoms with E-state index >= 15 is 0 Å². The van der Waals surface area contributed by atoms with E-state index in [1.807, 2.05) is 0 Å². The molecule has 0 bridgehead atoms. The van der Waals surface area contributed by atoms with Gasteiger partial charge >= 0.3 is 17.9 Å². The fourth-order valence-corrected chi connectivity index (χ4v) is 1.35. The minimum atomic E-state index is -1.06. The molecule has 0 aromatic heterocycles. The smallest absolute Gasteiger partial charge is 0.317 e. The maximum absolute atomic E-state index is 10.6. The molecule has 0 fully saturated rings. The molecule has 0 heterocycles.